The van der Waals surface area contributed by atoms with Crippen LogP contribution in [0.15, 0.2) is 0 Å². The van der Waals surface area contributed by atoms with Crippen LogP contribution in [0.3, 0.4) is 0 Å². The summed E-state index contributed by atoms with van der Waals surface area (Å²) < 4.78 is 5.56. The van der Waals surface area contributed by atoms with Gasteiger partial charge in [0.25, 0.3) is 0 Å². The van der Waals surface area contributed by atoms with Gasteiger partial charge < -0.3 is 10.1 Å². The number of nitrogens with one attached hydrogen (secondary N) is 1. The fraction of sp³-hybridized carbons (Fsp3) is 1.00. The van der Waals surface area contributed by atoms with Crippen LogP contribution >= 0.6 is 0 Å². The highest BCUT2D eigenvalue weighted by molar-refractivity contribution is 4.66. The average Bonchev–Trinajstić information content (AvgIpc) is 2.31. The number of ether oxygens (including phenoxy) is 1. The highest BCUT2D eigenvalue weighted by Gasteiger charge is 2.06. The summed E-state index contributed by atoms with van der Waals surface area (Å²) in [6, 6.07) is 0.670. The first-order valence-corrected chi connectivity index (χ1v) is 7.16. The lowest BCUT2D eigenvalue weighted by Gasteiger charge is -2.18. The van der Waals surface area contributed by atoms with Gasteiger partial charge in [0.2, 0.25) is 0 Å². The molecule has 0 aromatic carbocycles. The summed E-state index contributed by atoms with van der Waals surface area (Å²) in [4.78, 5) is 0. The molecule has 1 N–H and O–H groups in total. The number of hydrogen-bond donors (Lipinski definition) is 1. The van der Waals surface area contributed by atoms with E-state index in [4.69, 9.17) is 4.74 Å². The van der Waals surface area contributed by atoms with Crippen molar-refractivity contribution in [1.29, 1.82) is 0 Å². The Labute approximate surface area is 102 Å². The highest BCUT2D eigenvalue weighted by Crippen LogP contribution is 2.07. The van der Waals surface area contributed by atoms with E-state index in [9.17, 15) is 0 Å². The van der Waals surface area contributed by atoms with Gasteiger partial charge in [-0.05, 0) is 32.2 Å². The molecule has 1 unspecified atom stereocenters. The van der Waals surface area contributed by atoms with Crippen molar-refractivity contribution < 1.29 is 4.74 Å². The third kappa shape index (κ3) is 10.4. The molecule has 16 heavy (non-hydrogen) atoms. The summed E-state index contributed by atoms with van der Waals surface area (Å²) in [5.74, 6) is 0. The van der Waals surface area contributed by atoms with E-state index in [0.717, 1.165) is 26.2 Å². The fourth-order valence-electron chi connectivity index (χ4n) is 1.81. The zero-order valence-corrected chi connectivity index (χ0v) is 11.6. The quantitative estimate of drug-likeness (QED) is 0.515. The molecule has 0 bridgehead atoms. The molecule has 0 rings (SSSR count). The lowest BCUT2D eigenvalue weighted by molar-refractivity contribution is 0.123. The molecule has 2 nitrogen and oxygen atoms in total. The van der Waals surface area contributed by atoms with Crippen LogP contribution in [0.5, 0.6) is 0 Å². The number of rotatable bonds is 12. The van der Waals surface area contributed by atoms with Crippen molar-refractivity contribution in [3.63, 3.8) is 0 Å². The molecule has 0 radical (unpaired) electrons. The van der Waals surface area contributed by atoms with Gasteiger partial charge in [0.05, 0.1) is 0 Å². The molecule has 0 spiro atoms. The van der Waals surface area contributed by atoms with E-state index in [1.807, 2.05) is 0 Å². The molecule has 0 aliphatic heterocycles. The molecule has 2 heteroatoms. The van der Waals surface area contributed by atoms with Crippen LogP contribution in [0.2, 0.25) is 0 Å². The second kappa shape index (κ2) is 13.0. The molecular formula is C14H31NO. The summed E-state index contributed by atoms with van der Waals surface area (Å²) in [6.45, 7) is 9.62. The van der Waals surface area contributed by atoms with Gasteiger partial charge in [0, 0.05) is 19.3 Å². The maximum atomic E-state index is 5.56. The zero-order valence-electron chi connectivity index (χ0n) is 11.6. The monoisotopic (exact) mass is 229 g/mol. The largest absolute Gasteiger partial charge is 0.381 e. The minimum atomic E-state index is 0.670. The summed E-state index contributed by atoms with van der Waals surface area (Å²) in [5.41, 5.74) is 0. The van der Waals surface area contributed by atoms with E-state index in [1.165, 1.54) is 38.5 Å². The van der Waals surface area contributed by atoms with Crippen LogP contribution in [0.25, 0.3) is 0 Å². The van der Waals surface area contributed by atoms with Crippen molar-refractivity contribution >= 4 is 0 Å². The van der Waals surface area contributed by atoms with E-state index in [-0.39, 0.29) is 0 Å². The first-order chi connectivity index (χ1) is 7.85. The molecule has 0 saturated carbocycles. The second-order valence-corrected chi connectivity index (χ2v) is 4.55. The normalized spacial score (nSPS) is 12.9. The molecule has 1 atom stereocenters. The zero-order chi connectivity index (χ0) is 12.1. The average molecular weight is 229 g/mol. The standard InChI is InChI=1S/C14H31NO/c1-4-7-8-9-14(15-11-5-2)10-13-16-12-6-3/h14-15H,4-13H2,1-3H3. The summed E-state index contributed by atoms with van der Waals surface area (Å²) in [6.07, 6.45) is 8.86. The van der Waals surface area contributed by atoms with Crippen LogP contribution in [0, 0.1) is 0 Å². The van der Waals surface area contributed by atoms with Gasteiger partial charge >= 0.3 is 0 Å². The van der Waals surface area contributed by atoms with E-state index in [1.54, 1.807) is 0 Å². The molecule has 0 aromatic rings. The Morgan fingerprint density at radius 3 is 2.31 bits per heavy atom. The van der Waals surface area contributed by atoms with Crippen molar-refractivity contribution in [2.45, 2.75) is 71.8 Å². The highest BCUT2D eigenvalue weighted by atomic mass is 16.5. The smallest absolute Gasteiger partial charge is 0.0480 e. The van der Waals surface area contributed by atoms with Gasteiger partial charge in [-0.3, -0.25) is 0 Å². The lowest BCUT2D eigenvalue weighted by atomic mass is 10.1. The Balaban J connectivity index is 3.54. The summed E-state index contributed by atoms with van der Waals surface area (Å²) in [7, 11) is 0. The Kier molecular flexibility index (Phi) is 12.9. The minimum absolute atomic E-state index is 0.670. The Morgan fingerprint density at radius 2 is 1.69 bits per heavy atom. The molecular weight excluding hydrogens is 198 g/mol. The van der Waals surface area contributed by atoms with E-state index in [2.05, 4.69) is 26.1 Å². The first-order valence-electron chi connectivity index (χ1n) is 7.16. The van der Waals surface area contributed by atoms with Crippen molar-refractivity contribution in [3.8, 4) is 0 Å². The molecule has 0 aromatic heterocycles. The molecule has 0 amide bonds. The Hall–Kier alpha value is -0.0800. The van der Waals surface area contributed by atoms with Crippen LogP contribution in [-0.2, 0) is 4.74 Å². The van der Waals surface area contributed by atoms with Crippen molar-refractivity contribution in [3.05, 3.63) is 0 Å². The Morgan fingerprint density at radius 1 is 0.875 bits per heavy atom. The predicted molar refractivity (Wildman–Crippen MR) is 72.0 cm³/mol. The topological polar surface area (TPSA) is 21.3 Å². The Bertz CT molecular complexity index is 128. The van der Waals surface area contributed by atoms with Crippen LogP contribution in [0.4, 0.5) is 0 Å². The molecule has 0 heterocycles. The third-order valence-corrected chi connectivity index (χ3v) is 2.80. The molecule has 98 valence electrons. The minimum Gasteiger partial charge on any atom is -0.381 e. The van der Waals surface area contributed by atoms with Gasteiger partial charge in [0.15, 0.2) is 0 Å². The first kappa shape index (κ1) is 15.9. The van der Waals surface area contributed by atoms with E-state index >= 15 is 0 Å². The summed E-state index contributed by atoms with van der Waals surface area (Å²) in [5, 5.41) is 3.63. The SMILES string of the molecule is CCCCCC(CCOCCC)NCCC. The maximum absolute atomic E-state index is 5.56. The van der Waals surface area contributed by atoms with Crippen LogP contribution in [0.1, 0.15) is 65.7 Å². The number of unbranched alkanes of at least 4 members (excludes halogenated alkanes) is 2. The predicted octanol–water partition coefficient (Wildman–Crippen LogP) is 3.75. The lowest BCUT2D eigenvalue weighted by Crippen LogP contribution is -2.31. The number of hydrogen-bond acceptors (Lipinski definition) is 2. The fourth-order valence-corrected chi connectivity index (χ4v) is 1.81. The van der Waals surface area contributed by atoms with Crippen LogP contribution in [-0.4, -0.2) is 25.8 Å². The molecule has 0 aliphatic carbocycles. The van der Waals surface area contributed by atoms with Gasteiger partial charge in [-0.2, -0.15) is 0 Å². The molecule has 0 aliphatic rings. The van der Waals surface area contributed by atoms with Gasteiger partial charge in [-0.1, -0.05) is 40.0 Å². The maximum Gasteiger partial charge on any atom is 0.0480 e. The van der Waals surface area contributed by atoms with Gasteiger partial charge in [0.1, 0.15) is 0 Å². The van der Waals surface area contributed by atoms with E-state index in [0.29, 0.717) is 6.04 Å². The van der Waals surface area contributed by atoms with Crippen molar-refractivity contribution in [2.75, 3.05) is 19.8 Å². The van der Waals surface area contributed by atoms with Gasteiger partial charge in [-0.25, -0.2) is 0 Å². The third-order valence-electron chi connectivity index (χ3n) is 2.80. The van der Waals surface area contributed by atoms with Crippen molar-refractivity contribution in [2.24, 2.45) is 0 Å². The molecule has 0 fully saturated rings. The van der Waals surface area contributed by atoms with Crippen molar-refractivity contribution in [1.82, 2.24) is 5.32 Å². The van der Waals surface area contributed by atoms with Gasteiger partial charge in [-0.15, -0.1) is 0 Å². The molecule has 0 saturated heterocycles. The van der Waals surface area contributed by atoms with Crippen LogP contribution < -0.4 is 5.32 Å². The summed E-state index contributed by atoms with van der Waals surface area (Å²) >= 11 is 0. The van der Waals surface area contributed by atoms with E-state index < -0.39 is 0 Å². The second-order valence-electron chi connectivity index (χ2n) is 4.55.